The van der Waals surface area contributed by atoms with Crippen LogP contribution in [0.15, 0.2) is 10.5 Å². The Labute approximate surface area is 133 Å². The summed E-state index contributed by atoms with van der Waals surface area (Å²) in [6.45, 7) is 3.22. The number of hydrogen-bond donors (Lipinski definition) is 1. The molecule has 0 spiro atoms. The Morgan fingerprint density at radius 3 is 2.84 bits per heavy atom. The van der Waals surface area contributed by atoms with E-state index in [1.165, 1.54) is 37.0 Å². The summed E-state index contributed by atoms with van der Waals surface area (Å²) in [7, 11) is 0. The number of nitrogens with one attached hydrogen (secondary N) is 1. The Morgan fingerprint density at radius 2 is 2.32 bits per heavy atom. The number of fused-ring (bicyclic) bond motifs is 2. The zero-order valence-corrected chi connectivity index (χ0v) is 14.5. The van der Waals surface area contributed by atoms with Gasteiger partial charge in [-0.15, -0.1) is 11.3 Å². The molecule has 2 aliphatic rings. The first-order chi connectivity index (χ1) is 9.17. The molecule has 106 valence electrons. The Morgan fingerprint density at radius 1 is 1.47 bits per heavy atom. The third-order valence-corrected chi connectivity index (χ3v) is 7.47. The van der Waals surface area contributed by atoms with E-state index in [4.69, 9.17) is 11.6 Å². The zero-order valence-electron chi connectivity index (χ0n) is 11.3. The van der Waals surface area contributed by atoms with Crippen LogP contribution < -0.4 is 5.32 Å². The number of hydrogen-bond acceptors (Lipinski definition) is 2. The highest BCUT2D eigenvalue weighted by Crippen LogP contribution is 2.51. The maximum absolute atomic E-state index is 6.20. The summed E-state index contributed by atoms with van der Waals surface area (Å²) >= 11 is 11.5. The normalized spacial score (nSPS) is 31.0. The van der Waals surface area contributed by atoms with Gasteiger partial charge in [-0.3, -0.25) is 0 Å². The van der Waals surface area contributed by atoms with Crippen molar-refractivity contribution in [3.63, 3.8) is 0 Å². The molecule has 3 rings (SSSR count). The lowest BCUT2D eigenvalue weighted by Gasteiger charge is -2.26. The van der Waals surface area contributed by atoms with Crippen molar-refractivity contribution in [1.82, 2.24) is 5.32 Å². The van der Waals surface area contributed by atoms with Crippen LogP contribution in [-0.2, 0) is 0 Å². The van der Waals surface area contributed by atoms with Gasteiger partial charge in [-0.2, -0.15) is 0 Å². The van der Waals surface area contributed by atoms with E-state index < -0.39 is 0 Å². The highest BCUT2D eigenvalue weighted by molar-refractivity contribution is 9.10. The van der Waals surface area contributed by atoms with Gasteiger partial charge in [-0.25, -0.2) is 0 Å². The van der Waals surface area contributed by atoms with Crippen LogP contribution in [0.25, 0.3) is 0 Å². The predicted molar refractivity (Wildman–Crippen MR) is 87.0 cm³/mol. The zero-order chi connectivity index (χ0) is 13.4. The fourth-order valence-electron chi connectivity index (χ4n) is 4.05. The summed E-state index contributed by atoms with van der Waals surface area (Å²) in [6, 6.07) is 2.69. The smallest absolute Gasteiger partial charge is 0.107 e. The van der Waals surface area contributed by atoms with E-state index in [-0.39, 0.29) is 0 Å². The second kappa shape index (κ2) is 6.05. The van der Waals surface area contributed by atoms with Crippen LogP contribution in [0, 0.1) is 17.8 Å². The molecule has 1 nitrogen and oxygen atoms in total. The molecule has 1 N–H and O–H groups in total. The van der Waals surface area contributed by atoms with Gasteiger partial charge in [0.2, 0.25) is 0 Å². The van der Waals surface area contributed by atoms with Crippen LogP contribution in [0.1, 0.15) is 49.9 Å². The third-order valence-electron chi connectivity index (χ3n) is 4.88. The Bertz CT molecular complexity index is 428. The summed E-state index contributed by atoms with van der Waals surface area (Å²) < 4.78 is 1.93. The van der Waals surface area contributed by atoms with Crippen molar-refractivity contribution in [3.05, 3.63) is 19.8 Å². The molecule has 0 aromatic carbocycles. The van der Waals surface area contributed by atoms with Crippen LogP contribution in [-0.4, -0.2) is 6.54 Å². The lowest BCUT2D eigenvalue weighted by atomic mass is 9.84. The molecule has 0 saturated heterocycles. The minimum atomic E-state index is 0.489. The van der Waals surface area contributed by atoms with Crippen LogP contribution in [0.2, 0.25) is 4.34 Å². The molecule has 1 heterocycles. The fourth-order valence-corrected chi connectivity index (χ4v) is 5.87. The van der Waals surface area contributed by atoms with Gasteiger partial charge >= 0.3 is 0 Å². The number of rotatable bonds is 5. The van der Waals surface area contributed by atoms with E-state index in [0.717, 1.165) is 33.1 Å². The molecule has 2 bridgehead atoms. The Kier molecular flexibility index (Phi) is 4.57. The Hall–Kier alpha value is 0.430. The van der Waals surface area contributed by atoms with Gasteiger partial charge in [0.25, 0.3) is 0 Å². The average molecular weight is 363 g/mol. The minimum absolute atomic E-state index is 0.489. The first-order valence-corrected chi connectivity index (χ1v) is 9.34. The molecule has 2 fully saturated rings. The van der Waals surface area contributed by atoms with Gasteiger partial charge < -0.3 is 5.32 Å². The molecule has 0 amide bonds. The van der Waals surface area contributed by atoms with E-state index in [1.807, 2.05) is 0 Å². The molecule has 4 unspecified atom stereocenters. The highest BCUT2D eigenvalue weighted by atomic mass is 79.9. The molecule has 2 saturated carbocycles. The molecule has 1 aromatic rings. The summed E-state index contributed by atoms with van der Waals surface area (Å²) in [5.41, 5.74) is 0. The van der Waals surface area contributed by atoms with E-state index in [1.54, 1.807) is 11.3 Å². The van der Waals surface area contributed by atoms with E-state index in [2.05, 4.69) is 34.2 Å². The molecule has 2 aliphatic carbocycles. The van der Waals surface area contributed by atoms with Gasteiger partial charge in [0.15, 0.2) is 0 Å². The topological polar surface area (TPSA) is 12.0 Å². The quantitative estimate of drug-likeness (QED) is 0.714. The molecule has 1 aromatic heterocycles. The second-order valence-corrected chi connectivity index (χ2v) is 8.59. The van der Waals surface area contributed by atoms with Crippen molar-refractivity contribution in [1.29, 1.82) is 0 Å². The molecule has 19 heavy (non-hydrogen) atoms. The van der Waals surface area contributed by atoms with Crippen LogP contribution in [0.5, 0.6) is 0 Å². The predicted octanol–water partition coefficient (Wildman–Crippen LogP) is 5.64. The SMILES string of the molecule is CCNC(CC1CC2CCC1C2)c1cc(Br)c(Cl)s1. The van der Waals surface area contributed by atoms with E-state index >= 15 is 0 Å². The molecular formula is C15H21BrClNS. The minimum Gasteiger partial charge on any atom is -0.310 e. The maximum atomic E-state index is 6.20. The van der Waals surface area contributed by atoms with Crippen LogP contribution in [0.4, 0.5) is 0 Å². The molecular weight excluding hydrogens is 342 g/mol. The fraction of sp³-hybridized carbons (Fsp3) is 0.733. The van der Waals surface area contributed by atoms with Gasteiger partial charge in [-0.05, 0) is 72.0 Å². The van der Waals surface area contributed by atoms with E-state index in [0.29, 0.717) is 6.04 Å². The number of thiophene rings is 1. The first-order valence-electron chi connectivity index (χ1n) is 7.35. The van der Waals surface area contributed by atoms with Crippen molar-refractivity contribution < 1.29 is 0 Å². The summed E-state index contributed by atoms with van der Waals surface area (Å²) in [5.74, 6) is 2.98. The molecule has 4 heteroatoms. The van der Waals surface area contributed by atoms with Crippen molar-refractivity contribution >= 4 is 38.9 Å². The largest absolute Gasteiger partial charge is 0.310 e. The first kappa shape index (κ1) is 14.4. The van der Waals surface area contributed by atoms with Gasteiger partial charge in [0.05, 0.1) is 0 Å². The van der Waals surface area contributed by atoms with E-state index in [9.17, 15) is 0 Å². The molecule has 0 radical (unpaired) electrons. The second-order valence-electron chi connectivity index (χ2n) is 6.05. The van der Waals surface area contributed by atoms with Gasteiger partial charge in [-0.1, -0.05) is 24.9 Å². The van der Waals surface area contributed by atoms with Crippen molar-refractivity contribution in [2.24, 2.45) is 17.8 Å². The van der Waals surface area contributed by atoms with Gasteiger partial charge in [0.1, 0.15) is 4.34 Å². The van der Waals surface area contributed by atoms with Crippen molar-refractivity contribution in [2.45, 2.75) is 45.1 Å². The van der Waals surface area contributed by atoms with Crippen LogP contribution >= 0.6 is 38.9 Å². The van der Waals surface area contributed by atoms with Crippen LogP contribution in [0.3, 0.4) is 0 Å². The summed E-state index contributed by atoms with van der Waals surface area (Å²) in [5, 5.41) is 3.66. The summed E-state index contributed by atoms with van der Waals surface area (Å²) in [6.07, 6.45) is 7.22. The highest BCUT2D eigenvalue weighted by Gasteiger charge is 2.40. The monoisotopic (exact) mass is 361 g/mol. The molecule has 4 atom stereocenters. The lowest BCUT2D eigenvalue weighted by molar-refractivity contribution is 0.282. The lowest BCUT2D eigenvalue weighted by Crippen LogP contribution is -2.24. The Balaban J connectivity index is 1.70. The van der Waals surface area contributed by atoms with Crippen molar-refractivity contribution in [2.75, 3.05) is 6.54 Å². The standard InChI is InChI=1S/C15H21BrClNS/c1-2-18-13(14-8-12(16)15(17)19-14)7-11-6-9-3-4-10(11)5-9/h8-11,13,18H,2-7H2,1H3. The van der Waals surface area contributed by atoms with Crippen molar-refractivity contribution in [3.8, 4) is 0 Å². The summed E-state index contributed by atoms with van der Waals surface area (Å²) in [4.78, 5) is 1.39. The average Bonchev–Trinajstić information content (AvgIpc) is 3.06. The third kappa shape index (κ3) is 3.04. The number of halogens is 2. The van der Waals surface area contributed by atoms with Gasteiger partial charge in [0, 0.05) is 15.4 Å². The molecule has 0 aliphatic heterocycles. The maximum Gasteiger partial charge on any atom is 0.107 e.